The Hall–Kier alpha value is -2.83. The van der Waals surface area contributed by atoms with Crippen LogP contribution < -0.4 is 9.64 Å². The molecule has 1 unspecified atom stereocenters. The van der Waals surface area contributed by atoms with E-state index in [9.17, 15) is 9.59 Å². The first kappa shape index (κ1) is 15.1. The molecule has 1 aromatic carbocycles. The van der Waals surface area contributed by atoms with E-state index in [-0.39, 0.29) is 12.3 Å². The van der Waals surface area contributed by atoms with Crippen molar-refractivity contribution in [3.63, 3.8) is 0 Å². The molecule has 0 radical (unpaired) electrons. The standard InChI is InChI=1S/C16H17N3O4/c1-18-9-11(8-17-18)10-19-12-5-3-4-6-13(12)23-14(16(19)21)7-15(20)22-2/h3-6,8-9,14H,7,10H2,1-2H3. The van der Waals surface area contributed by atoms with Crippen molar-refractivity contribution in [3.05, 3.63) is 42.2 Å². The molecule has 1 amide bonds. The van der Waals surface area contributed by atoms with Crippen LogP contribution in [0.15, 0.2) is 36.7 Å². The fourth-order valence-electron chi connectivity index (χ4n) is 2.54. The first-order valence-electron chi connectivity index (χ1n) is 7.20. The van der Waals surface area contributed by atoms with Crippen LogP contribution in [0.25, 0.3) is 0 Å². The van der Waals surface area contributed by atoms with Gasteiger partial charge in [-0.25, -0.2) is 0 Å². The molecule has 7 nitrogen and oxygen atoms in total. The summed E-state index contributed by atoms with van der Waals surface area (Å²) in [5.41, 5.74) is 1.58. The van der Waals surface area contributed by atoms with Crippen molar-refractivity contribution in [1.82, 2.24) is 9.78 Å². The van der Waals surface area contributed by atoms with E-state index in [0.717, 1.165) is 5.56 Å². The number of carbonyl (C=O) groups is 2. The van der Waals surface area contributed by atoms with Gasteiger partial charge in [0.1, 0.15) is 5.75 Å². The molecule has 2 heterocycles. The number of para-hydroxylation sites is 2. The highest BCUT2D eigenvalue weighted by atomic mass is 16.5. The molecule has 1 aliphatic heterocycles. The van der Waals surface area contributed by atoms with E-state index in [2.05, 4.69) is 9.84 Å². The van der Waals surface area contributed by atoms with Crippen LogP contribution in [0.5, 0.6) is 5.75 Å². The number of amides is 1. The van der Waals surface area contributed by atoms with Crippen LogP contribution >= 0.6 is 0 Å². The third kappa shape index (κ3) is 3.03. The Bertz CT molecular complexity index is 740. The average molecular weight is 315 g/mol. The Morgan fingerprint density at radius 3 is 2.87 bits per heavy atom. The third-order valence-corrected chi connectivity index (χ3v) is 3.65. The lowest BCUT2D eigenvalue weighted by Gasteiger charge is -2.33. The maximum Gasteiger partial charge on any atom is 0.309 e. The third-order valence-electron chi connectivity index (χ3n) is 3.65. The zero-order chi connectivity index (χ0) is 16.4. The van der Waals surface area contributed by atoms with Crippen molar-refractivity contribution in [1.29, 1.82) is 0 Å². The molecule has 120 valence electrons. The van der Waals surface area contributed by atoms with Gasteiger partial charge in [0.15, 0.2) is 6.10 Å². The van der Waals surface area contributed by atoms with Crippen molar-refractivity contribution in [2.45, 2.75) is 19.1 Å². The first-order chi connectivity index (χ1) is 11.1. The molecular formula is C16H17N3O4. The van der Waals surface area contributed by atoms with Crippen LogP contribution in [-0.2, 0) is 27.9 Å². The molecule has 0 bridgehead atoms. The summed E-state index contributed by atoms with van der Waals surface area (Å²) in [5, 5.41) is 4.12. The van der Waals surface area contributed by atoms with E-state index in [0.29, 0.717) is 18.0 Å². The first-order valence-corrected chi connectivity index (χ1v) is 7.20. The number of hydrogen-bond donors (Lipinski definition) is 0. The Morgan fingerprint density at radius 2 is 2.17 bits per heavy atom. The van der Waals surface area contributed by atoms with E-state index in [1.165, 1.54) is 7.11 Å². The van der Waals surface area contributed by atoms with Gasteiger partial charge in [-0.05, 0) is 12.1 Å². The Morgan fingerprint density at radius 1 is 1.39 bits per heavy atom. The summed E-state index contributed by atoms with van der Waals surface area (Å²) in [6, 6.07) is 7.26. The average Bonchev–Trinajstić information content (AvgIpc) is 2.96. The predicted molar refractivity (Wildman–Crippen MR) is 81.9 cm³/mol. The molecule has 0 saturated heterocycles. The molecular weight excluding hydrogens is 298 g/mol. The molecule has 1 atom stereocenters. The Labute approximate surface area is 133 Å². The Balaban J connectivity index is 1.91. The fraction of sp³-hybridized carbons (Fsp3) is 0.312. The lowest BCUT2D eigenvalue weighted by Crippen LogP contribution is -2.46. The number of aromatic nitrogens is 2. The van der Waals surface area contributed by atoms with Crippen molar-refractivity contribution < 1.29 is 19.1 Å². The molecule has 0 fully saturated rings. The summed E-state index contributed by atoms with van der Waals surface area (Å²) in [6.07, 6.45) is 2.56. The maximum absolute atomic E-state index is 12.7. The summed E-state index contributed by atoms with van der Waals surface area (Å²) in [4.78, 5) is 25.9. The molecule has 0 saturated carbocycles. The number of rotatable bonds is 4. The van der Waals surface area contributed by atoms with E-state index in [1.54, 1.807) is 21.8 Å². The minimum absolute atomic E-state index is 0.118. The van der Waals surface area contributed by atoms with Crippen LogP contribution in [0.3, 0.4) is 0 Å². The molecule has 2 aromatic rings. The minimum atomic E-state index is -0.881. The van der Waals surface area contributed by atoms with Crippen molar-refractivity contribution in [2.24, 2.45) is 7.05 Å². The number of fused-ring (bicyclic) bond motifs is 1. The van der Waals surface area contributed by atoms with Gasteiger partial charge in [-0.2, -0.15) is 5.10 Å². The molecule has 1 aromatic heterocycles. The topological polar surface area (TPSA) is 73.7 Å². The summed E-state index contributed by atoms with van der Waals surface area (Å²) in [5.74, 6) is -0.174. The molecule has 23 heavy (non-hydrogen) atoms. The second kappa shape index (κ2) is 6.12. The number of carbonyl (C=O) groups excluding carboxylic acids is 2. The van der Waals surface area contributed by atoms with Gasteiger partial charge in [-0.3, -0.25) is 14.3 Å². The summed E-state index contributed by atoms with van der Waals surface area (Å²) >= 11 is 0. The number of aryl methyl sites for hydroxylation is 1. The van der Waals surface area contributed by atoms with Crippen LogP contribution in [0.4, 0.5) is 5.69 Å². The molecule has 0 N–H and O–H groups in total. The molecule has 0 spiro atoms. The van der Waals surface area contributed by atoms with Crippen LogP contribution in [0, 0.1) is 0 Å². The van der Waals surface area contributed by atoms with E-state index < -0.39 is 12.1 Å². The zero-order valence-corrected chi connectivity index (χ0v) is 12.9. The SMILES string of the molecule is COC(=O)CC1Oc2ccccc2N(Cc2cnn(C)c2)C1=O. The van der Waals surface area contributed by atoms with E-state index >= 15 is 0 Å². The number of benzene rings is 1. The summed E-state index contributed by atoms with van der Waals surface area (Å²) < 4.78 is 12.0. The van der Waals surface area contributed by atoms with Gasteiger partial charge in [-0.1, -0.05) is 12.1 Å². The minimum Gasteiger partial charge on any atom is -0.478 e. The van der Waals surface area contributed by atoms with E-state index in [1.807, 2.05) is 31.4 Å². The highest BCUT2D eigenvalue weighted by Gasteiger charge is 2.36. The molecule has 7 heteroatoms. The van der Waals surface area contributed by atoms with Gasteiger partial charge in [0.2, 0.25) is 0 Å². The van der Waals surface area contributed by atoms with Gasteiger partial charge in [0.25, 0.3) is 5.91 Å². The summed E-state index contributed by atoms with van der Waals surface area (Å²) in [6.45, 7) is 0.366. The van der Waals surface area contributed by atoms with Gasteiger partial charge < -0.3 is 14.4 Å². The number of anilines is 1. The number of methoxy groups -OCH3 is 1. The van der Waals surface area contributed by atoms with Crippen LogP contribution in [0.2, 0.25) is 0 Å². The smallest absolute Gasteiger partial charge is 0.309 e. The number of esters is 1. The number of hydrogen-bond acceptors (Lipinski definition) is 5. The number of nitrogens with zero attached hydrogens (tertiary/aromatic N) is 3. The monoisotopic (exact) mass is 315 g/mol. The molecule has 1 aliphatic rings. The zero-order valence-electron chi connectivity index (χ0n) is 12.9. The van der Waals surface area contributed by atoms with Gasteiger partial charge in [0.05, 0.1) is 32.0 Å². The predicted octanol–water partition coefficient (Wildman–Crippen LogP) is 1.28. The normalized spacial score (nSPS) is 16.7. The summed E-state index contributed by atoms with van der Waals surface area (Å²) in [7, 11) is 3.11. The number of ether oxygens (including phenoxy) is 2. The Kier molecular flexibility index (Phi) is 4.01. The maximum atomic E-state index is 12.7. The van der Waals surface area contributed by atoms with Gasteiger partial charge in [-0.15, -0.1) is 0 Å². The fourth-order valence-corrected chi connectivity index (χ4v) is 2.54. The second-order valence-corrected chi connectivity index (χ2v) is 5.30. The highest BCUT2D eigenvalue weighted by molar-refractivity contribution is 6.01. The van der Waals surface area contributed by atoms with Gasteiger partial charge >= 0.3 is 5.97 Å². The molecule has 0 aliphatic carbocycles. The lowest BCUT2D eigenvalue weighted by molar-refractivity contribution is -0.145. The van der Waals surface area contributed by atoms with Gasteiger partial charge in [0, 0.05) is 18.8 Å². The molecule has 3 rings (SSSR count). The van der Waals surface area contributed by atoms with Crippen molar-refractivity contribution in [2.75, 3.05) is 12.0 Å². The highest BCUT2D eigenvalue weighted by Crippen LogP contribution is 2.35. The van der Waals surface area contributed by atoms with E-state index in [4.69, 9.17) is 4.74 Å². The quantitative estimate of drug-likeness (QED) is 0.795. The second-order valence-electron chi connectivity index (χ2n) is 5.30. The van der Waals surface area contributed by atoms with Crippen molar-refractivity contribution >= 4 is 17.6 Å². The van der Waals surface area contributed by atoms with Crippen LogP contribution in [-0.4, -0.2) is 34.9 Å². The van der Waals surface area contributed by atoms with Crippen LogP contribution in [0.1, 0.15) is 12.0 Å². The largest absolute Gasteiger partial charge is 0.478 e. The van der Waals surface area contributed by atoms with Crippen molar-refractivity contribution in [3.8, 4) is 5.75 Å². The lowest BCUT2D eigenvalue weighted by atomic mass is 10.1.